The maximum Gasteiger partial charge on any atom is 0.255 e. The molecular formula is C32H41N5O3S. The van der Waals surface area contributed by atoms with Crippen LogP contribution >= 0.6 is 11.3 Å². The number of methoxy groups -OCH3 is 1. The van der Waals surface area contributed by atoms with Crippen molar-refractivity contribution in [3.63, 3.8) is 0 Å². The van der Waals surface area contributed by atoms with E-state index < -0.39 is 0 Å². The Balaban J connectivity index is 1.22. The van der Waals surface area contributed by atoms with E-state index in [9.17, 15) is 4.79 Å². The van der Waals surface area contributed by atoms with Crippen molar-refractivity contribution < 1.29 is 14.3 Å². The first-order valence-electron chi connectivity index (χ1n) is 15.0. The average molecular weight is 576 g/mol. The molecule has 1 amide bonds. The van der Waals surface area contributed by atoms with Gasteiger partial charge in [-0.3, -0.25) is 9.20 Å². The molecule has 4 aromatic rings. The predicted octanol–water partition coefficient (Wildman–Crippen LogP) is 5.66. The topological polar surface area (TPSA) is 80.1 Å². The van der Waals surface area contributed by atoms with Gasteiger partial charge in [-0.1, -0.05) is 42.0 Å². The Labute approximate surface area is 246 Å². The number of carbonyl (C=O) groups is 1. The SMILES string of the molecule is COC[C@@H](C)Oc1cc2c(cc1C(=O)NCCCN1CCCCC1)sc1nc(-c3ccc(C4CCCN4)cc3)cn12. The maximum atomic E-state index is 13.4. The van der Waals surface area contributed by atoms with E-state index in [-0.39, 0.29) is 12.0 Å². The van der Waals surface area contributed by atoms with Crippen molar-refractivity contribution in [3.8, 4) is 17.0 Å². The number of likely N-dealkylation sites (tertiary alicyclic amines) is 1. The van der Waals surface area contributed by atoms with Crippen LogP contribution in [0.25, 0.3) is 26.4 Å². The van der Waals surface area contributed by atoms with E-state index in [2.05, 4.69) is 50.4 Å². The molecule has 2 atom stereocenters. The highest BCUT2D eigenvalue weighted by Gasteiger charge is 2.21. The van der Waals surface area contributed by atoms with Crippen molar-refractivity contribution in [2.75, 3.05) is 46.4 Å². The summed E-state index contributed by atoms with van der Waals surface area (Å²) in [6.07, 6.45) is 9.15. The van der Waals surface area contributed by atoms with Crippen LogP contribution < -0.4 is 15.4 Å². The van der Waals surface area contributed by atoms with Crippen molar-refractivity contribution in [1.82, 2.24) is 24.9 Å². The van der Waals surface area contributed by atoms with Gasteiger partial charge in [0.2, 0.25) is 0 Å². The van der Waals surface area contributed by atoms with Gasteiger partial charge in [-0.15, -0.1) is 0 Å². The number of rotatable bonds is 11. The average Bonchev–Trinajstić information content (AvgIpc) is 3.73. The molecule has 218 valence electrons. The van der Waals surface area contributed by atoms with Crippen LogP contribution in [0, 0.1) is 0 Å². The Morgan fingerprint density at radius 2 is 2.00 bits per heavy atom. The molecular weight excluding hydrogens is 534 g/mol. The molecule has 2 N–H and O–H groups in total. The third-order valence-electron chi connectivity index (χ3n) is 8.22. The third kappa shape index (κ3) is 6.43. The molecule has 2 aromatic heterocycles. The number of aromatic nitrogens is 2. The van der Waals surface area contributed by atoms with Gasteiger partial charge in [0.1, 0.15) is 11.9 Å². The molecule has 2 saturated heterocycles. The Kier molecular flexibility index (Phi) is 8.86. The van der Waals surface area contributed by atoms with Crippen LogP contribution in [0.4, 0.5) is 0 Å². The van der Waals surface area contributed by atoms with Gasteiger partial charge in [0.15, 0.2) is 4.96 Å². The van der Waals surface area contributed by atoms with Gasteiger partial charge in [0, 0.05) is 37.5 Å². The molecule has 0 aliphatic carbocycles. The minimum atomic E-state index is -0.191. The standard InChI is InChI=1S/C32H41N5O3S/c1-22(21-39-2)40-29-19-28-30(18-25(29)31(38)34-14-7-17-36-15-4-3-5-16-36)41-32-35-27(20-37(28)32)24-11-9-23(10-12-24)26-8-6-13-33-26/h9-12,18-20,22,26,33H,3-8,13-17,21H2,1-2H3,(H,34,38)/t22-,26?/m1/s1. The van der Waals surface area contributed by atoms with Gasteiger partial charge in [-0.05, 0) is 76.8 Å². The molecule has 4 heterocycles. The summed E-state index contributed by atoms with van der Waals surface area (Å²) in [5.74, 6) is 0.465. The van der Waals surface area contributed by atoms with Crippen molar-refractivity contribution in [1.29, 1.82) is 0 Å². The van der Waals surface area contributed by atoms with E-state index in [0.717, 1.165) is 45.9 Å². The zero-order valence-corrected chi connectivity index (χ0v) is 25.0. The summed E-state index contributed by atoms with van der Waals surface area (Å²) in [7, 11) is 1.66. The molecule has 8 nitrogen and oxygen atoms in total. The first-order valence-corrected chi connectivity index (χ1v) is 15.9. The smallest absolute Gasteiger partial charge is 0.255 e. The second-order valence-corrected chi connectivity index (χ2v) is 12.4. The molecule has 9 heteroatoms. The fourth-order valence-corrected chi connectivity index (χ4v) is 7.09. The third-order valence-corrected chi connectivity index (χ3v) is 9.24. The van der Waals surface area contributed by atoms with Crippen molar-refractivity contribution in [3.05, 3.63) is 53.7 Å². The molecule has 6 rings (SSSR count). The number of imidazole rings is 1. The molecule has 2 aliphatic rings. The Hall–Kier alpha value is -2.98. The summed E-state index contributed by atoms with van der Waals surface area (Å²) < 4.78 is 14.7. The summed E-state index contributed by atoms with van der Waals surface area (Å²) >= 11 is 1.59. The maximum absolute atomic E-state index is 13.4. The highest BCUT2D eigenvalue weighted by molar-refractivity contribution is 7.23. The molecule has 2 aliphatic heterocycles. The Morgan fingerprint density at radius 3 is 2.76 bits per heavy atom. The van der Waals surface area contributed by atoms with E-state index in [1.165, 1.54) is 50.8 Å². The lowest BCUT2D eigenvalue weighted by Crippen LogP contribution is -2.33. The van der Waals surface area contributed by atoms with E-state index in [1.54, 1.807) is 18.4 Å². The minimum absolute atomic E-state index is 0.103. The number of amides is 1. The normalized spacial score (nSPS) is 18.7. The predicted molar refractivity (Wildman–Crippen MR) is 165 cm³/mol. The molecule has 0 saturated carbocycles. The number of carbonyl (C=O) groups excluding carboxylic acids is 1. The van der Waals surface area contributed by atoms with Gasteiger partial charge in [0.05, 0.1) is 28.1 Å². The van der Waals surface area contributed by atoms with Gasteiger partial charge < -0.3 is 25.0 Å². The summed E-state index contributed by atoms with van der Waals surface area (Å²) in [6.45, 7) is 7.50. The quantitative estimate of drug-likeness (QED) is 0.225. The first-order chi connectivity index (χ1) is 20.1. The van der Waals surface area contributed by atoms with Crippen LogP contribution in [-0.4, -0.2) is 72.7 Å². The molecule has 2 fully saturated rings. The van der Waals surface area contributed by atoms with Crippen molar-refractivity contribution >= 4 is 32.4 Å². The van der Waals surface area contributed by atoms with Gasteiger partial charge in [0.25, 0.3) is 5.91 Å². The minimum Gasteiger partial charge on any atom is -0.487 e. The summed E-state index contributed by atoms with van der Waals surface area (Å²) in [5, 5.41) is 6.70. The second kappa shape index (κ2) is 12.9. The van der Waals surface area contributed by atoms with Crippen molar-refractivity contribution in [2.24, 2.45) is 0 Å². The first kappa shape index (κ1) is 28.2. The van der Waals surface area contributed by atoms with E-state index in [1.807, 2.05) is 19.1 Å². The Bertz CT molecular complexity index is 1470. The van der Waals surface area contributed by atoms with Crippen LogP contribution in [0.2, 0.25) is 0 Å². The van der Waals surface area contributed by atoms with E-state index in [0.29, 0.717) is 30.5 Å². The fraction of sp³-hybridized carbons (Fsp3) is 0.500. The van der Waals surface area contributed by atoms with Gasteiger partial charge in [-0.25, -0.2) is 4.98 Å². The number of piperidine rings is 1. The molecule has 0 bridgehead atoms. The van der Waals surface area contributed by atoms with E-state index >= 15 is 0 Å². The van der Waals surface area contributed by atoms with E-state index in [4.69, 9.17) is 14.5 Å². The molecule has 2 aromatic carbocycles. The highest BCUT2D eigenvalue weighted by Crippen LogP contribution is 2.35. The zero-order chi connectivity index (χ0) is 28.2. The fourth-order valence-electron chi connectivity index (χ4n) is 6.06. The number of benzene rings is 2. The van der Waals surface area contributed by atoms with Crippen LogP contribution in [-0.2, 0) is 4.74 Å². The Morgan fingerprint density at radius 1 is 1.17 bits per heavy atom. The molecule has 1 unspecified atom stereocenters. The van der Waals surface area contributed by atoms with Gasteiger partial charge in [-0.2, -0.15) is 0 Å². The largest absolute Gasteiger partial charge is 0.487 e. The number of ether oxygens (including phenoxy) is 2. The number of thiazole rings is 1. The highest BCUT2D eigenvalue weighted by atomic mass is 32.1. The van der Waals surface area contributed by atoms with Crippen molar-refractivity contribution in [2.45, 2.75) is 57.6 Å². The number of nitrogens with zero attached hydrogens (tertiary/aromatic N) is 3. The number of nitrogens with one attached hydrogen (secondary N) is 2. The van der Waals surface area contributed by atoms with Crippen LogP contribution in [0.15, 0.2) is 42.6 Å². The lowest BCUT2D eigenvalue weighted by molar-refractivity contribution is 0.0870. The number of hydrogen-bond acceptors (Lipinski definition) is 7. The summed E-state index contributed by atoms with van der Waals surface area (Å²) in [5.41, 5.74) is 4.91. The van der Waals surface area contributed by atoms with Crippen LogP contribution in [0.1, 0.15) is 67.4 Å². The van der Waals surface area contributed by atoms with Gasteiger partial charge >= 0.3 is 0 Å². The lowest BCUT2D eigenvalue weighted by atomic mass is 10.0. The molecule has 0 spiro atoms. The zero-order valence-electron chi connectivity index (χ0n) is 24.2. The lowest BCUT2D eigenvalue weighted by Gasteiger charge is -2.26. The monoisotopic (exact) mass is 575 g/mol. The van der Waals surface area contributed by atoms with Crippen LogP contribution in [0.5, 0.6) is 5.75 Å². The summed E-state index contributed by atoms with van der Waals surface area (Å²) in [4.78, 5) is 21.7. The van der Waals surface area contributed by atoms with Crippen LogP contribution in [0.3, 0.4) is 0 Å². The second-order valence-electron chi connectivity index (χ2n) is 11.4. The summed E-state index contributed by atoms with van der Waals surface area (Å²) in [6, 6.07) is 13.1. The number of fused-ring (bicyclic) bond motifs is 3. The molecule has 41 heavy (non-hydrogen) atoms. The molecule has 0 radical (unpaired) electrons. The number of hydrogen-bond donors (Lipinski definition) is 2.